The van der Waals surface area contributed by atoms with Crippen molar-refractivity contribution in [1.29, 1.82) is 0 Å². The molecule has 0 saturated carbocycles. The Morgan fingerprint density at radius 2 is 2.64 bits per heavy atom. The molecule has 2 fully saturated rings. The van der Waals surface area contributed by atoms with Gasteiger partial charge in [0.15, 0.2) is 0 Å². The van der Waals surface area contributed by atoms with Gasteiger partial charge in [-0.2, -0.15) is 0 Å². The van der Waals surface area contributed by atoms with Gasteiger partial charge in [-0.25, -0.2) is 0 Å². The number of nitrogens with zero attached hydrogens (tertiary/aromatic N) is 2. The molecule has 3 heterocycles. The summed E-state index contributed by atoms with van der Waals surface area (Å²) in [7, 11) is 0. The second kappa shape index (κ2) is 2.81. The van der Waals surface area contributed by atoms with E-state index in [1.165, 1.54) is 12.5 Å². The van der Waals surface area contributed by atoms with Crippen LogP contribution in [0.5, 0.6) is 0 Å². The molecule has 0 aromatic carbocycles. The van der Waals surface area contributed by atoms with Crippen molar-refractivity contribution < 1.29 is 9.32 Å². The summed E-state index contributed by atoms with van der Waals surface area (Å²) in [6.45, 7) is 1.83. The standard InChI is InChI=1S/C9H11N3O2/c13-9(6-3-11-14-5-6)12-4-7-8(12)1-2-10-7/h3,5,7-8,10H,1-2,4H2. The van der Waals surface area contributed by atoms with E-state index in [2.05, 4.69) is 15.0 Å². The molecule has 14 heavy (non-hydrogen) atoms. The molecule has 5 nitrogen and oxygen atoms in total. The number of aromatic nitrogens is 1. The van der Waals surface area contributed by atoms with E-state index in [-0.39, 0.29) is 5.91 Å². The molecule has 0 aliphatic carbocycles. The Morgan fingerprint density at radius 1 is 1.71 bits per heavy atom. The van der Waals surface area contributed by atoms with Crippen LogP contribution in [0.4, 0.5) is 0 Å². The molecule has 3 rings (SSSR count). The van der Waals surface area contributed by atoms with Crippen molar-refractivity contribution in [3.8, 4) is 0 Å². The third-order valence-corrected chi connectivity index (χ3v) is 3.04. The molecule has 2 atom stereocenters. The number of carbonyl (C=O) groups excluding carboxylic acids is 1. The quantitative estimate of drug-likeness (QED) is 0.674. The average Bonchev–Trinajstić information content (AvgIpc) is 2.75. The minimum Gasteiger partial charge on any atom is -0.364 e. The van der Waals surface area contributed by atoms with Crippen LogP contribution in [-0.4, -0.2) is 41.1 Å². The highest BCUT2D eigenvalue weighted by Crippen LogP contribution is 2.27. The first kappa shape index (κ1) is 7.99. The van der Waals surface area contributed by atoms with Crippen molar-refractivity contribution >= 4 is 5.91 Å². The van der Waals surface area contributed by atoms with Gasteiger partial charge in [-0.3, -0.25) is 4.79 Å². The van der Waals surface area contributed by atoms with Gasteiger partial charge in [0.25, 0.3) is 5.91 Å². The molecular weight excluding hydrogens is 182 g/mol. The third kappa shape index (κ3) is 0.988. The SMILES string of the molecule is O=C(c1cnoc1)N1CC2NCCC21. The number of hydrogen-bond donors (Lipinski definition) is 1. The molecule has 0 radical (unpaired) electrons. The first-order valence-corrected chi connectivity index (χ1v) is 4.80. The number of likely N-dealkylation sites (tertiary alicyclic amines) is 1. The number of carbonyl (C=O) groups is 1. The lowest BCUT2D eigenvalue weighted by Gasteiger charge is -2.43. The maximum absolute atomic E-state index is 11.8. The molecule has 1 N–H and O–H groups in total. The van der Waals surface area contributed by atoms with E-state index in [1.807, 2.05) is 4.90 Å². The number of fused-ring (bicyclic) bond motifs is 1. The minimum atomic E-state index is 0.0381. The predicted octanol–water partition coefficient (Wildman–Crippen LogP) is -0.139. The number of amides is 1. The Hall–Kier alpha value is -1.36. The number of nitrogens with one attached hydrogen (secondary N) is 1. The van der Waals surface area contributed by atoms with Crippen LogP contribution in [0.25, 0.3) is 0 Å². The fourth-order valence-corrected chi connectivity index (χ4v) is 2.23. The van der Waals surface area contributed by atoms with Gasteiger partial charge in [0.05, 0.1) is 17.8 Å². The van der Waals surface area contributed by atoms with Gasteiger partial charge in [0.2, 0.25) is 0 Å². The summed E-state index contributed by atoms with van der Waals surface area (Å²) in [5, 5.41) is 6.88. The summed E-state index contributed by atoms with van der Waals surface area (Å²) < 4.78 is 4.65. The number of rotatable bonds is 1. The van der Waals surface area contributed by atoms with Crippen LogP contribution in [0.15, 0.2) is 17.0 Å². The molecule has 2 aliphatic heterocycles. The van der Waals surface area contributed by atoms with Gasteiger partial charge in [0, 0.05) is 12.6 Å². The Kier molecular flexibility index (Phi) is 1.61. The summed E-state index contributed by atoms with van der Waals surface area (Å²) in [6.07, 6.45) is 3.93. The molecule has 2 unspecified atom stereocenters. The lowest BCUT2D eigenvalue weighted by molar-refractivity contribution is 0.0410. The van der Waals surface area contributed by atoms with Crippen molar-refractivity contribution in [2.45, 2.75) is 18.5 Å². The molecule has 74 valence electrons. The van der Waals surface area contributed by atoms with Crippen LogP contribution in [0.2, 0.25) is 0 Å². The molecule has 1 amide bonds. The molecule has 5 heteroatoms. The molecular formula is C9H11N3O2. The zero-order chi connectivity index (χ0) is 9.54. The minimum absolute atomic E-state index is 0.0381. The van der Waals surface area contributed by atoms with Gasteiger partial charge in [-0.15, -0.1) is 0 Å². The molecule has 0 spiro atoms. The first-order valence-electron chi connectivity index (χ1n) is 4.80. The van der Waals surface area contributed by atoms with Gasteiger partial charge in [-0.05, 0) is 13.0 Å². The summed E-state index contributed by atoms with van der Waals surface area (Å²) in [6, 6.07) is 0.899. The summed E-state index contributed by atoms with van der Waals surface area (Å²) in [5.74, 6) is 0.0381. The predicted molar refractivity (Wildman–Crippen MR) is 47.7 cm³/mol. The highest BCUT2D eigenvalue weighted by atomic mass is 16.5. The van der Waals surface area contributed by atoms with E-state index in [0.29, 0.717) is 17.6 Å². The largest absolute Gasteiger partial charge is 0.364 e. The van der Waals surface area contributed by atoms with Crippen molar-refractivity contribution in [2.24, 2.45) is 0 Å². The van der Waals surface area contributed by atoms with E-state index < -0.39 is 0 Å². The van der Waals surface area contributed by atoms with Crippen LogP contribution >= 0.6 is 0 Å². The molecule has 1 aromatic heterocycles. The van der Waals surface area contributed by atoms with Crippen LogP contribution in [-0.2, 0) is 0 Å². The Balaban J connectivity index is 1.75. The van der Waals surface area contributed by atoms with Crippen molar-refractivity contribution in [3.05, 3.63) is 18.0 Å². The van der Waals surface area contributed by atoms with E-state index in [4.69, 9.17) is 0 Å². The van der Waals surface area contributed by atoms with Gasteiger partial charge in [0.1, 0.15) is 6.26 Å². The normalized spacial score (nSPS) is 29.9. The summed E-state index contributed by atoms with van der Waals surface area (Å²) in [4.78, 5) is 13.7. The van der Waals surface area contributed by atoms with Gasteiger partial charge < -0.3 is 14.7 Å². The second-order valence-corrected chi connectivity index (χ2v) is 3.79. The van der Waals surface area contributed by atoms with Gasteiger partial charge in [-0.1, -0.05) is 5.16 Å². The lowest BCUT2D eigenvalue weighted by atomic mass is 9.97. The Bertz CT molecular complexity index is 349. The Morgan fingerprint density at radius 3 is 3.36 bits per heavy atom. The van der Waals surface area contributed by atoms with Gasteiger partial charge >= 0.3 is 0 Å². The molecule has 1 aromatic rings. The highest BCUT2D eigenvalue weighted by Gasteiger charge is 2.44. The zero-order valence-corrected chi connectivity index (χ0v) is 7.64. The maximum Gasteiger partial charge on any atom is 0.259 e. The van der Waals surface area contributed by atoms with Crippen molar-refractivity contribution in [1.82, 2.24) is 15.4 Å². The zero-order valence-electron chi connectivity index (χ0n) is 7.64. The third-order valence-electron chi connectivity index (χ3n) is 3.04. The topological polar surface area (TPSA) is 58.4 Å². The number of hydrogen-bond acceptors (Lipinski definition) is 4. The van der Waals surface area contributed by atoms with Crippen LogP contribution in [0.1, 0.15) is 16.8 Å². The van der Waals surface area contributed by atoms with Crippen molar-refractivity contribution in [3.63, 3.8) is 0 Å². The summed E-state index contributed by atoms with van der Waals surface area (Å²) >= 11 is 0. The maximum atomic E-state index is 11.8. The lowest BCUT2D eigenvalue weighted by Crippen LogP contribution is -2.62. The fraction of sp³-hybridized carbons (Fsp3) is 0.556. The van der Waals surface area contributed by atoms with Crippen LogP contribution in [0.3, 0.4) is 0 Å². The fourth-order valence-electron chi connectivity index (χ4n) is 2.23. The monoisotopic (exact) mass is 193 g/mol. The highest BCUT2D eigenvalue weighted by molar-refractivity contribution is 5.94. The smallest absolute Gasteiger partial charge is 0.259 e. The van der Waals surface area contributed by atoms with Crippen molar-refractivity contribution in [2.75, 3.05) is 13.1 Å². The first-order chi connectivity index (χ1) is 6.86. The molecule has 2 saturated heterocycles. The van der Waals surface area contributed by atoms with E-state index >= 15 is 0 Å². The van der Waals surface area contributed by atoms with Crippen LogP contribution < -0.4 is 5.32 Å². The van der Waals surface area contributed by atoms with Crippen LogP contribution in [0, 0.1) is 0 Å². The average molecular weight is 193 g/mol. The van der Waals surface area contributed by atoms with E-state index in [1.54, 1.807) is 0 Å². The molecule has 0 bridgehead atoms. The summed E-state index contributed by atoms with van der Waals surface area (Å²) in [5.41, 5.74) is 0.551. The molecule has 2 aliphatic rings. The van der Waals surface area contributed by atoms with E-state index in [9.17, 15) is 4.79 Å². The second-order valence-electron chi connectivity index (χ2n) is 3.79. The Labute approximate surface area is 81.0 Å². The van der Waals surface area contributed by atoms with E-state index in [0.717, 1.165) is 19.5 Å².